The van der Waals surface area contributed by atoms with Gasteiger partial charge < -0.3 is 9.64 Å². The number of amides is 1. The van der Waals surface area contributed by atoms with E-state index in [0.29, 0.717) is 13.0 Å². The van der Waals surface area contributed by atoms with Crippen LogP contribution >= 0.6 is 34.9 Å². The number of para-hydroxylation sites is 1. The highest BCUT2D eigenvalue weighted by Gasteiger charge is 2.20. The van der Waals surface area contributed by atoms with Crippen LogP contribution in [-0.4, -0.2) is 62.1 Å². The number of thioether (sulfide) groups is 2. The molecule has 3 rings (SSSR count). The van der Waals surface area contributed by atoms with Crippen molar-refractivity contribution in [1.82, 2.24) is 9.88 Å². The average Bonchev–Trinajstić information content (AvgIpc) is 3.18. The van der Waals surface area contributed by atoms with Gasteiger partial charge in [0.25, 0.3) is 0 Å². The zero-order chi connectivity index (χ0) is 21.5. The zero-order valence-corrected chi connectivity index (χ0v) is 20.2. The van der Waals surface area contributed by atoms with Crippen LogP contribution in [0, 0.1) is 0 Å². The number of carbonyl (C=O) groups excluding carboxylic acids is 1. The van der Waals surface area contributed by atoms with Crippen molar-refractivity contribution in [2.24, 2.45) is 0 Å². The molecule has 0 saturated heterocycles. The lowest BCUT2D eigenvalue weighted by atomic mass is 10.3. The van der Waals surface area contributed by atoms with Gasteiger partial charge in [0.15, 0.2) is 5.13 Å². The topological polar surface area (TPSA) is 45.7 Å². The van der Waals surface area contributed by atoms with Crippen LogP contribution < -0.4 is 9.64 Å². The maximum absolute atomic E-state index is 13.1. The van der Waals surface area contributed by atoms with Crippen molar-refractivity contribution in [1.29, 1.82) is 0 Å². The second-order valence-corrected chi connectivity index (χ2v) is 9.95. The van der Waals surface area contributed by atoms with Crippen LogP contribution in [0.5, 0.6) is 5.75 Å². The molecule has 0 fully saturated rings. The average molecular weight is 462 g/mol. The number of methoxy groups -OCH3 is 1. The summed E-state index contributed by atoms with van der Waals surface area (Å²) < 4.78 is 6.32. The second kappa shape index (κ2) is 11.0. The minimum atomic E-state index is 0.114. The number of nitrogens with zero attached hydrogens (tertiary/aromatic N) is 3. The van der Waals surface area contributed by atoms with Crippen molar-refractivity contribution in [3.8, 4) is 5.75 Å². The first-order valence-electron chi connectivity index (χ1n) is 9.67. The van der Waals surface area contributed by atoms with E-state index in [1.54, 1.807) is 42.0 Å². The molecule has 0 aliphatic rings. The molecule has 0 atom stereocenters. The summed E-state index contributed by atoms with van der Waals surface area (Å²) in [5.41, 5.74) is 0.986. The number of likely N-dealkylation sites (N-methyl/N-ethyl adjacent to an activating group) is 1. The molecule has 1 heterocycles. The van der Waals surface area contributed by atoms with Gasteiger partial charge in [-0.2, -0.15) is 0 Å². The fraction of sp³-hybridized carbons (Fsp3) is 0.364. The number of carbonyl (C=O) groups is 1. The number of benzene rings is 2. The Balaban J connectivity index is 1.71. The molecule has 1 aromatic heterocycles. The van der Waals surface area contributed by atoms with Gasteiger partial charge in [-0.05, 0) is 56.7 Å². The summed E-state index contributed by atoms with van der Waals surface area (Å²) in [5, 5.41) is 0.785. The molecular weight excluding hydrogens is 434 g/mol. The predicted molar refractivity (Wildman–Crippen MR) is 131 cm³/mol. The van der Waals surface area contributed by atoms with E-state index in [1.807, 2.05) is 49.3 Å². The highest BCUT2D eigenvalue weighted by atomic mass is 32.2. The lowest BCUT2D eigenvalue weighted by Crippen LogP contribution is -2.36. The van der Waals surface area contributed by atoms with Crippen LogP contribution in [0.4, 0.5) is 5.13 Å². The van der Waals surface area contributed by atoms with Gasteiger partial charge in [0.05, 0.1) is 17.3 Å². The van der Waals surface area contributed by atoms with Crippen molar-refractivity contribution in [3.05, 3.63) is 42.5 Å². The summed E-state index contributed by atoms with van der Waals surface area (Å²) in [6, 6.07) is 14.1. The summed E-state index contributed by atoms with van der Waals surface area (Å²) in [6.45, 7) is 1.43. The fourth-order valence-corrected chi connectivity index (χ4v) is 5.39. The van der Waals surface area contributed by atoms with Gasteiger partial charge in [-0.15, -0.1) is 23.5 Å². The van der Waals surface area contributed by atoms with Gasteiger partial charge in [-0.1, -0.05) is 17.4 Å². The fourth-order valence-electron chi connectivity index (χ4n) is 2.88. The van der Waals surface area contributed by atoms with E-state index in [-0.39, 0.29) is 5.91 Å². The van der Waals surface area contributed by atoms with Crippen LogP contribution in [0.15, 0.2) is 52.3 Å². The maximum atomic E-state index is 13.1. The maximum Gasteiger partial charge on any atom is 0.229 e. The molecule has 5 nitrogen and oxygen atoms in total. The third-order valence-electron chi connectivity index (χ3n) is 4.54. The van der Waals surface area contributed by atoms with Gasteiger partial charge in [-0.25, -0.2) is 4.98 Å². The van der Waals surface area contributed by atoms with E-state index in [9.17, 15) is 4.79 Å². The number of anilines is 1. The lowest BCUT2D eigenvalue weighted by Gasteiger charge is -2.22. The van der Waals surface area contributed by atoms with E-state index in [1.165, 1.54) is 0 Å². The Labute approximate surface area is 190 Å². The first-order valence-corrected chi connectivity index (χ1v) is 12.7. The van der Waals surface area contributed by atoms with Gasteiger partial charge in [0, 0.05) is 35.1 Å². The van der Waals surface area contributed by atoms with Gasteiger partial charge in [-0.3, -0.25) is 9.69 Å². The number of hydrogen-bond acceptors (Lipinski definition) is 7. The van der Waals surface area contributed by atoms with Crippen molar-refractivity contribution < 1.29 is 9.53 Å². The summed E-state index contributed by atoms with van der Waals surface area (Å²) in [4.78, 5) is 24.2. The molecule has 0 aliphatic carbocycles. The monoisotopic (exact) mass is 461 g/mol. The quantitative estimate of drug-likeness (QED) is 0.391. The molecule has 8 heteroatoms. The molecule has 0 saturated carbocycles. The summed E-state index contributed by atoms with van der Waals surface area (Å²) >= 11 is 4.96. The minimum Gasteiger partial charge on any atom is -0.497 e. The standard InChI is InChI=1S/C22H27N3O2S3/c1-24(2)13-14-25(22-23-21-18(28-4)6-5-7-19(21)30-22)20(26)12-15-29-17-10-8-16(27-3)9-11-17/h5-11H,12-15H2,1-4H3. The zero-order valence-electron chi connectivity index (χ0n) is 17.8. The van der Waals surface area contributed by atoms with Crippen LogP contribution in [0.25, 0.3) is 10.2 Å². The molecule has 2 aromatic carbocycles. The summed E-state index contributed by atoms with van der Waals surface area (Å²) in [6.07, 6.45) is 2.52. The smallest absolute Gasteiger partial charge is 0.229 e. The van der Waals surface area contributed by atoms with Crippen molar-refractivity contribution in [2.75, 3.05) is 51.2 Å². The number of ether oxygens (including phenoxy) is 1. The molecule has 0 aliphatic heterocycles. The molecule has 0 spiro atoms. The number of fused-ring (bicyclic) bond motifs is 1. The van der Waals surface area contributed by atoms with E-state index < -0.39 is 0 Å². The van der Waals surface area contributed by atoms with E-state index in [0.717, 1.165) is 43.2 Å². The van der Waals surface area contributed by atoms with Crippen molar-refractivity contribution in [3.63, 3.8) is 0 Å². The molecule has 3 aromatic rings. The summed E-state index contributed by atoms with van der Waals surface area (Å²) in [5.74, 6) is 1.68. The highest BCUT2D eigenvalue weighted by molar-refractivity contribution is 7.99. The van der Waals surface area contributed by atoms with Crippen LogP contribution in [-0.2, 0) is 4.79 Å². The molecule has 0 N–H and O–H groups in total. The lowest BCUT2D eigenvalue weighted by molar-refractivity contribution is -0.118. The van der Waals surface area contributed by atoms with Crippen molar-refractivity contribution in [2.45, 2.75) is 16.2 Å². The number of aromatic nitrogens is 1. The molecule has 160 valence electrons. The van der Waals surface area contributed by atoms with Crippen LogP contribution in [0.3, 0.4) is 0 Å². The largest absolute Gasteiger partial charge is 0.497 e. The Morgan fingerprint density at radius 3 is 2.57 bits per heavy atom. The van der Waals surface area contributed by atoms with Gasteiger partial charge >= 0.3 is 0 Å². The Bertz CT molecular complexity index is 973. The molecule has 1 amide bonds. The van der Waals surface area contributed by atoms with E-state index >= 15 is 0 Å². The number of rotatable bonds is 10. The van der Waals surface area contributed by atoms with Crippen LogP contribution in [0.1, 0.15) is 6.42 Å². The Morgan fingerprint density at radius 1 is 1.13 bits per heavy atom. The highest BCUT2D eigenvalue weighted by Crippen LogP contribution is 2.34. The first kappa shape index (κ1) is 22.9. The third-order valence-corrected chi connectivity index (χ3v) is 7.36. The second-order valence-electron chi connectivity index (χ2n) is 6.93. The molecule has 0 bridgehead atoms. The summed E-state index contributed by atoms with van der Waals surface area (Å²) in [7, 11) is 5.70. The first-order chi connectivity index (χ1) is 14.5. The number of thiazole rings is 1. The Morgan fingerprint density at radius 2 is 1.90 bits per heavy atom. The predicted octanol–water partition coefficient (Wildman–Crippen LogP) is 5.10. The minimum absolute atomic E-state index is 0.114. The molecular formula is C22H27N3O2S3. The molecule has 30 heavy (non-hydrogen) atoms. The van der Waals surface area contributed by atoms with Gasteiger partial charge in [0.2, 0.25) is 5.91 Å². The SMILES string of the molecule is COc1ccc(SCCC(=O)N(CCN(C)C)c2nc3c(SC)cccc3s2)cc1. The normalized spacial score (nSPS) is 11.2. The van der Waals surface area contributed by atoms with E-state index in [4.69, 9.17) is 9.72 Å². The van der Waals surface area contributed by atoms with E-state index in [2.05, 4.69) is 23.3 Å². The Kier molecular flexibility index (Phi) is 8.44. The molecule has 0 radical (unpaired) electrons. The Hall–Kier alpha value is -1.74. The van der Waals surface area contributed by atoms with Gasteiger partial charge in [0.1, 0.15) is 5.75 Å². The molecule has 0 unspecified atom stereocenters. The third kappa shape index (κ3) is 5.91. The van der Waals surface area contributed by atoms with Crippen molar-refractivity contribution >= 4 is 56.1 Å². The number of hydrogen-bond donors (Lipinski definition) is 0. The van der Waals surface area contributed by atoms with Crippen LogP contribution in [0.2, 0.25) is 0 Å².